The minimum absolute atomic E-state index is 0.0714. The summed E-state index contributed by atoms with van der Waals surface area (Å²) in [5.74, 6) is -3.32. The summed E-state index contributed by atoms with van der Waals surface area (Å²) in [6.45, 7) is 0.500. The molecule has 0 bridgehead atoms. The molecule has 1 amide bonds. The number of hydrogen-bond donors (Lipinski definition) is 1. The van der Waals surface area contributed by atoms with E-state index in [1.54, 1.807) is 0 Å². The van der Waals surface area contributed by atoms with E-state index in [9.17, 15) is 18.4 Å². The molecule has 1 fully saturated rings. The molecule has 1 unspecified atom stereocenters. The van der Waals surface area contributed by atoms with Crippen LogP contribution in [0, 0.1) is 11.6 Å². The molecule has 1 heterocycles. The van der Waals surface area contributed by atoms with Crippen molar-refractivity contribution in [3.63, 3.8) is 0 Å². The third-order valence-corrected chi connectivity index (χ3v) is 2.99. The van der Waals surface area contributed by atoms with E-state index < -0.39 is 29.6 Å². The molecular formula is C13H13F2NO4. The van der Waals surface area contributed by atoms with Gasteiger partial charge in [-0.1, -0.05) is 0 Å². The van der Waals surface area contributed by atoms with Crippen molar-refractivity contribution in [2.75, 3.05) is 19.7 Å². The van der Waals surface area contributed by atoms with Crippen molar-refractivity contribution in [1.82, 2.24) is 4.90 Å². The first-order chi connectivity index (χ1) is 9.47. The first-order valence-corrected chi connectivity index (χ1v) is 6.05. The summed E-state index contributed by atoms with van der Waals surface area (Å²) in [5.41, 5.74) is -0.234. The molecular weight excluding hydrogens is 272 g/mol. The summed E-state index contributed by atoms with van der Waals surface area (Å²) in [6, 6.07) is 2.72. The number of nitrogens with zero attached hydrogens (tertiary/aromatic N) is 1. The molecule has 1 aromatic rings. The predicted octanol–water partition coefficient (Wildman–Crippen LogP) is 1.28. The Morgan fingerprint density at radius 3 is 2.80 bits per heavy atom. The number of carboxylic acids is 1. The van der Waals surface area contributed by atoms with Crippen LogP contribution in [0.5, 0.6) is 0 Å². The summed E-state index contributed by atoms with van der Waals surface area (Å²) in [4.78, 5) is 24.1. The van der Waals surface area contributed by atoms with Crippen LogP contribution in [0.15, 0.2) is 18.2 Å². The number of halogens is 2. The van der Waals surface area contributed by atoms with E-state index in [1.165, 1.54) is 4.90 Å². The van der Waals surface area contributed by atoms with Crippen LogP contribution in [0.2, 0.25) is 0 Å². The molecule has 1 aliphatic rings. The number of rotatable bonds is 3. The molecule has 0 aromatic heterocycles. The largest absolute Gasteiger partial charge is 0.481 e. The lowest BCUT2D eigenvalue weighted by Gasteiger charge is -2.32. The maximum absolute atomic E-state index is 13.6. The fraction of sp³-hybridized carbons (Fsp3) is 0.385. The summed E-state index contributed by atoms with van der Waals surface area (Å²) >= 11 is 0. The van der Waals surface area contributed by atoms with Gasteiger partial charge in [-0.15, -0.1) is 0 Å². The molecule has 5 nitrogen and oxygen atoms in total. The minimum atomic E-state index is -1.03. The molecule has 108 valence electrons. The van der Waals surface area contributed by atoms with E-state index in [1.807, 2.05) is 0 Å². The first-order valence-electron chi connectivity index (χ1n) is 6.05. The van der Waals surface area contributed by atoms with Crippen LogP contribution in [0.4, 0.5) is 8.78 Å². The van der Waals surface area contributed by atoms with Gasteiger partial charge in [0.2, 0.25) is 0 Å². The zero-order valence-corrected chi connectivity index (χ0v) is 10.5. The Bertz CT molecular complexity index is 535. The Kier molecular flexibility index (Phi) is 4.29. The van der Waals surface area contributed by atoms with Gasteiger partial charge in [0.05, 0.1) is 24.7 Å². The minimum Gasteiger partial charge on any atom is -0.481 e. The number of carbonyl (C=O) groups excluding carboxylic acids is 1. The number of hydrogen-bond acceptors (Lipinski definition) is 3. The lowest BCUT2D eigenvalue weighted by atomic mass is 10.1. The molecule has 1 saturated heterocycles. The number of morpholine rings is 1. The average Bonchev–Trinajstić information content (AvgIpc) is 2.37. The highest BCUT2D eigenvalue weighted by Gasteiger charge is 2.27. The Balaban J connectivity index is 2.10. The van der Waals surface area contributed by atoms with E-state index >= 15 is 0 Å². The summed E-state index contributed by atoms with van der Waals surface area (Å²) in [7, 11) is 0. The molecule has 0 aliphatic carbocycles. The average molecular weight is 285 g/mol. The van der Waals surface area contributed by atoms with Gasteiger partial charge in [0.25, 0.3) is 5.91 Å². The molecule has 0 radical (unpaired) electrons. The topological polar surface area (TPSA) is 66.8 Å². The number of ether oxygens (including phenoxy) is 1. The van der Waals surface area contributed by atoms with Crippen LogP contribution in [0.25, 0.3) is 0 Å². The number of carboxylic acid groups (broad SMARTS) is 1. The fourth-order valence-corrected chi connectivity index (χ4v) is 2.06. The number of aliphatic carboxylic acids is 1. The smallest absolute Gasteiger partial charge is 0.306 e. The van der Waals surface area contributed by atoms with Crippen molar-refractivity contribution in [1.29, 1.82) is 0 Å². The highest BCUT2D eigenvalue weighted by atomic mass is 19.1. The summed E-state index contributed by atoms with van der Waals surface area (Å²) in [5, 5.41) is 8.70. The zero-order valence-electron chi connectivity index (χ0n) is 10.5. The van der Waals surface area contributed by atoms with E-state index in [0.29, 0.717) is 6.07 Å². The van der Waals surface area contributed by atoms with Gasteiger partial charge in [-0.2, -0.15) is 0 Å². The highest BCUT2D eigenvalue weighted by molar-refractivity contribution is 5.94. The standard InChI is InChI=1S/C13H13F2NO4/c14-8-1-2-10(11(15)5-8)13(19)16-3-4-20-9(7-16)6-12(17)18/h1-2,5,9H,3-4,6-7H2,(H,17,18). The lowest BCUT2D eigenvalue weighted by Crippen LogP contribution is -2.46. The van der Waals surface area contributed by atoms with Crippen molar-refractivity contribution in [2.24, 2.45) is 0 Å². The Labute approximate surface area is 113 Å². The van der Waals surface area contributed by atoms with Crippen LogP contribution >= 0.6 is 0 Å². The Morgan fingerprint density at radius 2 is 2.15 bits per heavy atom. The van der Waals surface area contributed by atoms with Gasteiger partial charge in [0.15, 0.2) is 0 Å². The van der Waals surface area contributed by atoms with Crippen LogP contribution < -0.4 is 0 Å². The van der Waals surface area contributed by atoms with Crippen LogP contribution in [-0.4, -0.2) is 47.7 Å². The number of amides is 1. The van der Waals surface area contributed by atoms with E-state index in [0.717, 1.165) is 12.1 Å². The van der Waals surface area contributed by atoms with Gasteiger partial charge < -0.3 is 14.7 Å². The molecule has 20 heavy (non-hydrogen) atoms. The number of benzene rings is 1. The second kappa shape index (κ2) is 5.96. The molecule has 1 atom stereocenters. The number of carbonyl (C=O) groups is 2. The quantitative estimate of drug-likeness (QED) is 0.908. The van der Waals surface area contributed by atoms with Crippen LogP contribution in [-0.2, 0) is 9.53 Å². The van der Waals surface area contributed by atoms with Gasteiger partial charge in [-0.25, -0.2) is 8.78 Å². The Hall–Kier alpha value is -2.02. The van der Waals surface area contributed by atoms with Crippen molar-refractivity contribution in [3.8, 4) is 0 Å². The predicted molar refractivity (Wildman–Crippen MR) is 64.3 cm³/mol. The molecule has 0 saturated carbocycles. The third-order valence-electron chi connectivity index (χ3n) is 2.99. The molecule has 1 aliphatic heterocycles. The van der Waals surface area contributed by atoms with Crippen molar-refractivity contribution >= 4 is 11.9 Å². The summed E-state index contributed by atoms with van der Waals surface area (Å²) < 4.78 is 31.6. The lowest BCUT2D eigenvalue weighted by molar-refractivity contribution is -0.141. The zero-order chi connectivity index (χ0) is 14.7. The maximum atomic E-state index is 13.6. The van der Waals surface area contributed by atoms with Crippen molar-refractivity contribution in [3.05, 3.63) is 35.4 Å². The van der Waals surface area contributed by atoms with E-state index in [4.69, 9.17) is 9.84 Å². The molecule has 1 N–H and O–H groups in total. The third kappa shape index (κ3) is 3.30. The normalized spacial score (nSPS) is 18.9. The fourth-order valence-electron chi connectivity index (χ4n) is 2.06. The van der Waals surface area contributed by atoms with Gasteiger partial charge in [0, 0.05) is 19.2 Å². The van der Waals surface area contributed by atoms with Crippen LogP contribution in [0.3, 0.4) is 0 Å². The van der Waals surface area contributed by atoms with Crippen LogP contribution in [0.1, 0.15) is 16.8 Å². The van der Waals surface area contributed by atoms with Gasteiger partial charge in [-0.05, 0) is 12.1 Å². The van der Waals surface area contributed by atoms with E-state index in [-0.39, 0.29) is 31.7 Å². The first kappa shape index (κ1) is 14.4. The molecule has 7 heteroatoms. The second-order valence-corrected chi connectivity index (χ2v) is 4.47. The van der Waals surface area contributed by atoms with Gasteiger partial charge >= 0.3 is 5.97 Å². The van der Waals surface area contributed by atoms with E-state index in [2.05, 4.69) is 0 Å². The monoisotopic (exact) mass is 285 g/mol. The van der Waals surface area contributed by atoms with Gasteiger partial charge in [-0.3, -0.25) is 9.59 Å². The molecule has 2 rings (SSSR count). The Morgan fingerprint density at radius 1 is 1.40 bits per heavy atom. The SMILES string of the molecule is O=C(O)CC1CN(C(=O)c2ccc(F)cc2F)CCO1. The maximum Gasteiger partial charge on any atom is 0.306 e. The molecule has 0 spiro atoms. The summed E-state index contributed by atoms with van der Waals surface area (Å²) in [6.07, 6.45) is -0.843. The molecule has 1 aromatic carbocycles. The highest BCUT2D eigenvalue weighted by Crippen LogP contribution is 2.16. The van der Waals surface area contributed by atoms with Crippen molar-refractivity contribution in [2.45, 2.75) is 12.5 Å². The van der Waals surface area contributed by atoms with Crippen molar-refractivity contribution < 1.29 is 28.2 Å². The second-order valence-electron chi connectivity index (χ2n) is 4.47. The van der Waals surface area contributed by atoms with Gasteiger partial charge in [0.1, 0.15) is 11.6 Å².